The number of pyridine rings is 1. The largest absolute Gasteiger partial charge is 0.493 e. The molecule has 0 bridgehead atoms. The third-order valence-electron chi connectivity index (χ3n) is 6.32. The number of hydrogen-bond donors (Lipinski definition) is 1. The van der Waals surface area contributed by atoms with Crippen molar-refractivity contribution in [2.45, 2.75) is 58.1 Å². The highest BCUT2D eigenvalue weighted by Crippen LogP contribution is 2.38. The van der Waals surface area contributed by atoms with Gasteiger partial charge < -0.3 is 14.4 Å². The summed E-state index contributed by atoms with van der Waals surface area (Å²) >= 11 is 0. The van der Waals surface area contributed by atoms with E-state index in [0.717, 1.165) is 42.0 Å². The Balaban J connectivity index is 1.68. The molecule has 7 nitrogen and oxygen atoms in total. The Morgan fingerprint density at radius 2 is 1.83 bits per heavy atom. The molecule has 0 amide bonds. The number of unbranched alkanes of at least 4 members (excludes halogenated alkanes) is 1. The first-order chi connectivity index (χ1) is 17.5. The van der Waals surface area contributed by atoms with Crippen LogP contribution in [0.15, 0.2) is 67.0 Å². The van der Waals surface area contributed by atoms with Gasteiger partial charge in [0.05, 0.1) is 24.7 Å². The first-order valence-electron chi connectivity index (χ1n) is 12.6. The standard InChI is InChI=1S/C28H35N3O4S/c1-3-4-17-36(32,33)30-23-10-7-11-24(18-23)31(21-22-9-8-16-29-20-22)25-14-15-27(34-2)28(19-25)35-26-12-5-6-13-26/h7-11,14-16,18-20,26,30H,3-6,12-13,17,21H2,1-2H3. The van der Waals surface area contributed by atoms with E-state index in [0.29, 0.717) is 24.4 Å². The van der Waals surface area contributed by atoms with Crippen molar-refractivity contribution in [3.8, 4) is 11.5 Å². The molecule has 0 atom stereocenters. The number of benzene rings is 2. The number of anilines is 3. The fourth-order valence-corrected chi connectivity index (χ4v) is 5.68. The Morgan fingerprint density at radius 1 is 1.03 bits per heavy atom. The molecule has 36 heavy (non-hydrogen) atoms. The first kappa shape index (κ1) is 25.8. The molecule has 0 radical (unpaired) electrons. The number of aromatic nitrogens is 1. The van der Waals surface area contributed by atoms with Gasteiger partial charge in [0.1, 0.15) is 0 Å². The van der Waals surface area contributed by atoms with Crippen LogP contribution in [0.3, 0.4) is 0 Å². The average molecular weight is 510 g/mol. The van der Waals surface area contributed by atoms with Gasteiger partial charge >= 0.3 is 0 Å². The van der Waals surface area contributed by atoms with Crippen molar-refractivity contribution >= 4 is 27.1 Å². The topological polar surface area (TPSA) is 80.8 Å². The van der Waals surface area contributed by atoms with E-state index in [1.54, 1.807) is 19.4 Å². The first-order valence-corrected chi connectivity index (χ1v) is 14.2. The summed E-state index contributed by atoms with van der Waals surface area (Å²) in [7, 11) is -1.76. The zero-order valence-corrected chi connectivity index (χ0v) is 21.8. The number of hydrogen-bond acceptors (Lipinski definition) is 6. The van der Waals surface area contributed by atoms with Crippen LogP contribution in [0.2, 0.25) is 0 Å². The number of methoxy groups -OCH3 is 1. The zero-order chi connectivity index (χ0) is 25.4. The zero-order valence-electron chi connectivity index (χ0n) is 21.0. The summed E-state index contributed by atoms with van der Waals surface area (Å²) in [6.45, 7) is 2.53. The molecule has 1 aliphatic carbocycles. The Hall–Kier alpha value is -3.26. The average Bonchev–Trinajstić information content (AvgIpc) is 3.40. The highest BCUT2D eigenvalue weighted by Gasteiger charge is 2.21. The van der Waals surface area contributed by atoms with E-state index in [4.69, 9.17) is 9.47 Å². The Labute approximate surface area is 214 Å². The molecule has 192 valence electrons. The van der Waals surface area contributed by atoms with Crippen LogP contribution in [0.25, 0.3) is 0 Å². The van der Waals surface area contributed by atoms with Crippen molar-refractivity contribution in [3.63, 3.8) is 0 Å². The molecule has 0 saturated heterocycles. The third kappa shape index (κ3) is 6.91. The SMILES string of the molecule is CCCCS(=O)(=O)Nc1cccc(N(Cc2cccnc2)c2ccc(OC)c(OC3CCCC3)c2)c1. The smallest absolute Gasteiger partial charge is 0.232 e. The minimum Gasteiger partial charge on any atom is -0.493 e. The normalized spacial score (nSPS) is 13.9. The van der Waals surface area contributed by atoms with Gasteiger partial charge in [0.15, 0.2) is 11.5 Å². The van der Waals surface area contributed by atoms with E-state index in [1.165, 1.54) is 12.8 Å². The van der Waals surface area contributed by atoms with Gasteiger partial charge in [0, 0.05) is 36.4 Å². The number of rotatable bonds is 12. The van der Waals surface area contributed by atoms with Gasteiger partial charge in [-0.15, -0.1) is 0 Å². The van der Waals surface area contributed by atoms with Crippen LogP contribution < -0.4 is 19.1 Å². The van der Waals surface area contributed by atoms with Gasteiger partial charge in [-0.3, -0.25) is 9.71 Å². The predicted molar refractivity (Wildman–Crippen MR) is 145 cm³/mol. The molecule has 1 saturated carbocycles. The monoisotopic (exact) mass is 509 g/mol. The van der Waals surface area contributed by atoms with Gasteiger partial charge in [0.25, 0.3) is 0 Å². The molecule has 4 rings (SSSR count). The molecule has 1 aliphatic rings. The second-order valence-corrected chi connectivity index (χ2v) is 11.0. The molecule has 2 aromatic carbocycles. The highest BCUT2D eigenvalue weighted by molar-refractivity contribution is 7.92. The van der Waals surface area contributed by atoms with E-state index in [2.05, 4.69) is 14.6 Å². The summed E-state index contributed by atoms with van der Waals surface area (Å²) in [4.78, 5) is 6.40. The summed E-state index contributed by atoms with van der Waals surface area (Å²) in [6.07, 6.45) is 9.69. The molecule has 0 spiro atoms. The van der Waals surface area contributed by atoms with Gasteiger partial charge in [-0.1, -0.05) is 25.5 Å². The summed E-state index contributed by atoms with van der Waals surface area (Å²) in [5.74, 6) is 1.52. The maximum absolute atomic E-state index is 12.5. The number of ether oxygens (including phenoxy) is 2. The van der Waals surface area contributed by atoms with Gasteiger partial charge in [-0.25, -0.2) is 8.42 Å². The maximum Gasteiger partial charge on any atom is 0.232 e. The highest BCUT2D eigenvalue weighted by atomic mass is 32.2. The second-order valence-electron chi connectivity index (χ2n) is 9.13. The van der Waals surface area contributed by atoms with Crippen molar-refractivity contribution < 1.29 is 17.9 Å². The molecule has 3 aromatic rings. The Morgan fingerprint density at radius 3 is 2.56 bits per heavy atom. The molecule has 0 aliphatic heterocycles. The van der Waals surface area contributed by atoms with Crippen LogP contribution in [0, 0.1) is 0 Å². The van der Waals surface area contributed by atoms with Crippen LogP contribution in [-0.2, 0) is 16.6 Å². The van der Waals surface area contributed by atoms with E-state index < -0.39 is 10.0 Å². The molecule has 8 heteroatoms. The molecule has 1 N–H and O–H groups in total. The van der Waals surface area contributed by atoms with Crippen LogP contribution in [0.1, 0.15) is 51.0 Å². The van der Waals surface area contributed by atoms with Crippen LogP contribution in [0.5, 0.6) is 11.5 Å². The summed E-state index contributed by atoms with van der Waals surface area (Å²) < 4.78 is 39.7. The Kier molecular flexibility index (Phi) is 8.70. The lowest BCUT2D eigenvalue weighted by molar-refractivity contribution is 0.201. The quantitative estimate of drug-likeness (QED) is 0.309. The minimum atomic E-state index is -3.41. The molecule has 1 fully saturated rings. The molecular weight excluding hydrogens is 474 g/mol. The number of nitrogens with one attached hydrogen (secondary N) is 1. The van der Waals surface area contributed by atoms with Crippen LogP contribution in [0.4, 0.5) is 17.1 Å². The second kappa shape index (κ2) is 12.1. The lowest BCUT2D eigenvalue weighted by atomic mass is 10.1. The van der Waals surface area contributed by atoms with E-state index in [-0.39, 0.29) is 11.9 Å². The summed E-state index contributed by atoms with van der Waals surface area (Å²) in [5.41, 5.74) is 3.33. The van der Waals surface area contributed by atoms with E-state index >= 15 is 0 Å². The third-order valence-corrected chi connectivity index (χ3v) is 7.69. The summed E-state index contributed by atoms with van der Waals surface area (Å²) in [6, 6.07) is 17.3. The van der Waals surface area contributed by atoms with Crippen LogP contribution >= 0.6 is 0 Å². The molecule has 1 aromatic heterocycles. The summed E-state index contributed by atoms with van der Waals surface area (Å²) in [5, 5.41) is 0. The lowest BCUT2D eigenvalue weighted by Crippen LogP contribution is -2.19. The van der Waals surface area contributed by atoms with Crippen molar-refractivity contribution in [2.75, 3.05) is 22.5 Å². The Bertz CT molecular complexity index is 1230. The van der Waals surface area contributed by atoms with Gasteiger partial charge in [0.2, 0.25) is 10.0 Å². The predicted octanol–water partition coefficient (Wildman–Crippen LogP) is 6.29. The van der Waals surface area contributed by atoms with E-state index in [1.807, 2.05) is 61.7 Å². The molecular formula is C28H35N3O4S. The van der Waals surface area contributed by atoms with Crippen molar-refractivity contribution in [1.29, 1.82) is 0 Å². The van der Waals surface area contributed by atoms with Crippen molar-refractivity contribution in [1.82, 2.24) is 4.98 Å². The van der Waals surface area contributed by atoms with Crippen molar-refractivity contribution in [3.05, 3.63) is 72.6 Å². The van der Waals surface area contributed by atoms with Crippen LogP contribution in [-0.4, -0.2) is 32.4 Å². The fraction of sp³-hybridized carbons (Fsp3) is 0.393. The number of sulfonamides is 1. The van der Waals surface area contributed by atoms with Crippen molar-refractivity contribution in [2.24, 2.45) is 0 Å². The molecule has 0 unspecified atom stereocenters. The lowest BCUT2D eigenvalue weighted by Gasteiger charge is -2.27. The fourth-order valence-electron chi connectivity index (χ4n) is 4.42. The molecule has 1 heterocycles. The van der Waals surface area contributed by atoms with Gasteiger partial charge in [-0.05, 0) is 74.1 Å². The minimum absolute atomic E-state index is 0.105. The van der Waals surface area contributed by atoms with Gasteiger partial charge in [-0.2, -0.15) is 0 Å². The van der Waals surface area contributed by atoms with E-state index in [9.17, 15) is 8.42 Å². The number of nitrogens with zero attached hydrogens (tertiary/aromatic N) is 2. The maximum atomic E-state index is 12.5.